The molecule has 0 N–H and O–H groups in total. The number of benzene rings is 2. The van der Waals surface area contributed by atoms with Gasteiger partial charge in [0.2, 0.25) is 5.75 Å². The lowest BCUT2D eigenvalue weighted by Gasteiger charge is -2.14. The van der Waals surface area contributed by atoms with Gasteiger partial charge in [0, 0.05) is 5.56 Å². The molecular formula is C20H21NO4. The van der Waals surface area contributed by atoms with E-state index in [4.69, 9.17) is 14.2 Å². The molecule has 0 aliphatic carbocycles. The van der Waals surface area contributed by atoms with Crippen molar-refractivity contribution in [1.29, 1.82) is 5.26 Å². The summed E-state index contributed by atoms with van der Waals surface area (Å²) in [6.45, 7) is 1.46. The minimum absolute atomic E-state index is 0.104. The summed E-state index contributed by atoms with van der Waals surface area (Å²) >= 11 is 0. The number of Topliss-reactive ketones (excluding diaryl/α,β-unsaturated/α-hetero) is 1. The zero-order valence-corrected chi connectivity index (χ0v) is 14.9. The molecule has 2 aromatic carbocycles. The van der Waals surface area contributed by atoms with Crippen LogP contribution in [0.1, 0.15) is 34.0 Å². The third-order valence-electron chi connectivity index (χ3n) is 4.01. The predicted molar refractivity (Wildman–Crippen MR) is 94.7 cm³/mol. The summed E-state index contributed by atoms with van der Waals surface area (Å²) in [6, 6.07) is 11.3. The van der Waals surface area contributed by atoms with Crippen molar-refractivity contribution in [2.75, 3.05) is 21.3 Å². The van der Waals surface area contributed by atoms with Gasteiger partial charge >= 0.3 is 0 Å². The fraction of sp³-hybridized carbons (Fsp3) is 0.300. The molecule has 0 radical (unpaired) electrons. The average Bonchev–Trinajstić information content (AvgIpc) is 2.64. The molecule has 0 amide bonds. The van der Waals surface area contributed by atoms with Crippen LogP contribution in [0.25, 0.3) is 0 Å². The third kappa shape index (κ3) is 4.10. The summed E-state index contributed by atoms with van der Waals surface area (Å²) in [4.78, 5) is 11.5. The first-order valence-electron chi connectivity index (χ1n) is 7.86. The van der Waals surface area contributed by atoms with Gasteiger partial charge in [0.15, 0.2) is 17.3 Å². The van der Waals surface area contributed by atoms with Crippen molar-refractivity contribution < 1.29 is 19.0 Å². The van der Waals surface area contributed by atoms with Gasteiger partial charge < -0.3 is 14.2 Å². The molecule has 5 nitrogen and oxygen atoms in total. The number of rotatable bonds is 7. The standard InChI is InChI=1S/C20H21NO4/c1-13(22)17-8-7-14(9-16(17)12-21)5-6-15-10-18(23-2)20(25-4)19(11-15)24-3/h7-11H,5-6H2,1-4H3. The largest absolute Gasteiger partial charge is 0.493 e. The van der Waals surface area contributed by atoms with Gasteiger partial charge in [-0.25, -0.2) is 0 Å². The quantitative estimate of drug-likeness (QED) is 0.721. The molecule has 0 aromatic heterocycles. The summed E-state index contributed by atoms with van der Waals surface area (Å²) in [7, 11) is 4.74. The van der Waals surface area contributed by atoms with Gasteiger partial charge in [0.25, 0.3) is 0 Å². The van der Waals surface area contributed by atoms with E-state index in [-0.39, 0.29) is 5.78 Å². The molecule has 0 bridgehead atoms. The van der Waals surface area contributed by atoms with Gasteiger partial charge in [0.1, 0.15) is 0 Å². The summed E-state index contributed by atoms with van der Waals surface area (Å²) in [5.74, 6) is 1.68. The molecule has 0 saturated carbocycles. The minimum Gasteiger partial charge on any atom is -0.493 e. The fourth-order valence-electron chi connectivity index (χ4n) is 2.71. The predicted octanol–water partition coefficient (Wildman–Crippen LogP) is 3.57. The Morgan fingerprint density at radius 1 is 0.960 bits per heavy atom. The van der Waals surface area contributed by atoms with Gasteiger partial charge in [-0.1, -0.05) is 6.07 Å². The number of ketones is 1. The second kappa shape index (κ2) is 8.20. The Kier molecular flexibility index (Phi) is 6.02. The Morgan fingerprint density at radius 3 is 2.04 bits per heavy atom. The summed E-state index contributed by atoms with van der Waals surface area (Å²) in [5, 5.41) is 9.22. The highest BCUT2D eigenvalue weighted by Crippen LogP contribution is 2.38. The third-order valence-corrected chi connectivity index (χ3v) is 4.01. The number of ether oxygens (including phenoxy) is 3. The van der Waals surface area contributed by atoms with Crippen LogP contribution in [0.4, 0.5) is 0 Å². The Balaban J connectivity index is 2.24. The first kappa shape index (κ1) is 18.3. The number of nitrogens with zero attached hydrogens (tertiary/aromatic N) is 1. The van der Waals surface area contributed by atoms with E-state index in [1.807, 2.05) is 18.2 Å². The molecule has 25 heavy (non-hydrogen) atoms. The Hall–Kier alpha value is -3.00. The van der Waals surface area contributed by atoms with Gasteiger partial charge in [-0.3, -0.25) is 4.79 Å². The van der Waals surface area contributed by atoms with E-state index in [1.165, 1.54) is 6.92 Å². The molecule has 0 spiro atoms. The molecule has 0 aliphatic rings. The number of hydrogen-bond acceptors (Lipinski definition) is 5. The van der Waals surface area contributed by atoms with Crippen molar-refractivity contribution in [3.8, 4) is 23.3 Å². The van der Waals surface area contributed by atoms with Gasteiger partial charge in [-0.05, 0) is 55.2 Å². The minimum atomic E-state index is -0.104. The topological polar surface area (TPSA) is 68.6 Å². The normalized spacial score (nSPS) is 10.0. The van der Waals surface area contributed by atoms with Gasteiger partial charge in [-0.15, -0.1) is 0 Å². The fourth-order valence-corrected chi connectivity index (χ4v) is 2.71. The maximum atomic E-state index is 11.5. The van der Waals surface area contributed by atoms with Crippen LogP contribution in [-0.4, -0.2) is 27.1 Å². The van der Waals surface area contributed by atoms with Crippen LogP contribution in [-0.2, 0) is 12.8 Å². The number of carbonyl (C=O) groups excluding carboxylic acids is 1. The van der Waals surface area contributed by atoms with Crippen LogP contribution < -0.4 is 14.2 Å². The van der Waals surface area contributed by atoms with Crippen molar-refractivity contribution in [3.63, 3.8) is 0 Å². The van der Waals surface area contributed by atoms with Crippen molar-refractivity contribution >= 4 is 5.78 Å². The van der Waals surface area contributed by atoms with E-state index in [0.29, 0.717) is 28.4 Å². The molecule has 130 valence electrons. The van der Waals surface area contributed by atoms with Crippen LogP contribution in [0.5, 0.6) is 17.2 Å². The molecule has 0 aliphatic heterocycles. The monoisotopic (exact) mass is 339 g/mol. The van der Waals surface area contributed by atoms with Gasteiger partial charge in [-0.2, -0.15) is 5.26 Å². The lowest BCUT2D eigenvalue weighted by atomic mass is 9.98. The van der Waals surface area contributed by atoms with Crippen LogP contribution in [0, 0.1) is 11.3 Å². The highest BCUT2D eigenvalue weighted by atomic mass is 16.5. The van der Waals surface area contributed by atoms with Crippen LogP contribution >= 0.6 is 0 Å². The van der Waals surface area contributed by atoms with E-state index in [9.17, 15) is 10.1 Å². The lowest BCUT2D eigenvalue weighted by molar-refractivity contribution is 0.101. The number of methoxy groups -OCH3 is 3. The van der Waals surface area contributed by atoms with Crippen LogP contribution in [0.2, 0.25) is 0 Å². The van der Waals surface area contributed by atoms with Crippen LogP contribution in [0.15, 0.2) is 30.3 Å². The zero-order valence-electron chi connectivity index (χ0n) is 14.9. The van der Waals surface area contributed by atoms with E-state index in [0.717, 1.165) is 24.0 Å². The maximum Gasteiger partial charge on any atom is 0.203 e. The zero-order chi connectivity index (χ0) is 18.4. The number of hydrogen-bond donors (Lipinski definition) is 0. The van der Waals surface area contributed by atoms with E-state index in [1.54, 1.807) is 33.5 Å². The summed E-state index contributed by atoms with van der Waals surface area (Å²) < 4.78 is 16.1. The first-order valence-corrected chi connectivity index (χ1v) is 7.86. The first-order chi connectivity index (χ1) is 12.0. The average molecular weight is 339 g/mol. The number of aryl methyl sites for hydroxylation is 2. The SMILES string of the molecule is COc1cc(CCc2ccc(C(C)=O)c(C#N)c2)cc(OC)c1OC. The molecule has 2 aromatic rings. The second-order valence-electron chi connectivity index (χ2n) is 5.58. The van der Waals surface area contributed by atoms with Crippen molar-refractivity contribution in [2.45, 2.75) is 19.8 Å². The molecule has 0 atom stereocenters. The highest BCUT2D eigenvalue weighted by Gasteiger charge is 2.13. The second-order valence-corrected chi connectivity index (χ2v) is 5.58. The summed E-state index contributed by atoms with van der Waals surface area (Å²) in [5.41, 5.74) is 2.90. The van der Waals surface area contributed by atoms with E-state index >= 15 is 0 Å². The molecule has 0 unspecified atom stereocenters. The lowest BCUT2D eigenvalue weighted by Crippen LogP contribution is -2.00. The smallest absolute Gasteiger partial charge is 0.203 e. The number of carbonyl (C=O) groups is 1. The highest BCUT2D eigenvalue weighted by molar-refractivity contribution is 5.96. The number of nitriles is 1. The van der Waals surface area contributed by atoms with Crippen molar-refractivity contribution in [2.24, 2.45) is 0 Å². The molecule has 0 heterocycles. The molecule has 0 saturated heterocycles. The van der Waals surface area contributed by atoms with Crippen molar-refractivity contribution in [1.82, 2.24) is 0 Å². The van der Waals surface area contributed by atoms with Crippen molar-refractivity contribution in [3.05, 3.63) is 52.6 Å². The molecule has 2 rings (SSSR count). The van der Waals surface area contributed by atoms with E-state index < -0.39 is 0 Å². The Morgan fingerprint density at radius 2 is 1.56 bits per heavy atom. The van der Waals surface area contributed by atoms with Gasteiger partial charge in [0.05, 0.1) is 33.0 Å². The summed E-state index contributed by atoms with van der Waals surface area (Å²) in [6.07, 6.45) is 1.46. The molecular weight excluding hydrogens is 318 g/mol. The van der Waals surface area contributed by atoms with E-state index in [2.05, 4.69) is 6.07 Å². The Labute approximate surface area is 147 Å². The Bertz CT molecular complexity index is 796. The maximum absolute atomic E-state index is 11.5. The van der Waals surface area contributed by atoms with Crippen LogP contribution in [0.3, 0.4) is 0 Å². The molecule has 5 heteroatoms. The molecule has 0 fully saturated rings.